The molecule has 1 aromatic rings. The van der Waals surface area contributed by atoms with E-state index in [0.29, 0.717) is 0 Å². The van der Waals surface area contributed by atoms with Crippen LogP contribution in [0.25, 0.3) is 0 Å². The molecular weight excluding hydrogens is 296 g/mol. The molecule has 2 N–H and O–H groups in total. The Morgan fingerprint density at radius 1 is 1.28 bits per heavy atom. The molecule has 0 aromatic heterocycles. The van der Waals surface area contributed by atoms with Gasteiger partial charge in [0.1, 0.15) is 0 Å². The molecule has 0 saturated heterocycles. The summed E-state index contributed by atoms with van der Waals surface area (Å²) < 4.78 is 0.993. The number of halogens is 1. The van der Waals surface area contributed by atoms with E-state index in [-0.39, 0.29) is 18.4 Å². The molecule has 0 amide bonds. The first-order valence-electron chi connectivity index (χ1n) is 6.22. The third-order valence-corrected chi connectivity index (χ3v) is 4.38. The fourth-order valence-corrected chi connectivity index (χ4v) is 3.21. The molecule has 4 heteroatoms. The summed E-state index contributed by atoms with van der Waals surface area (Å²) in [5, 5.41) is 18.8. The van der Waals surface area contributed by atoms with E-state index in [1.807, 2.05) is 24.3 Å². The van der Waals surface area contributed by atoms with Crippen molar-refractivity contribution in [2.45, 2.75) is 25.2 Å². The number of carbonyl (C=O) groups is 1. The van der Waals surface area contributed by atoms with Gasteiger partial charge in [0, 0.05) is 11.1 Å². The first kappa shape index (κ1) is 13.6. The topological polar surface area (TPSA) is 57.5 Å². The average molecular weight is 313 g/mol. The predicted octanol–water partition coefficient (Wildman–Crippen LogP) is 3.03. The van der Waals surface area contributed by atoms with E-state index in [0.717, 1.165) is 29.3 Å². The molecule has 98 valence electrons. The Bertz CT molecular complexity index is 416. The fourth-order valence-electron chi connectivity index (χ4n) is 2.95. The van der Waals surface area contributed by atoms with Crippen LogP contribution in [0.2, 0.25) is 0 Å². The van der Waals surface area contributed by atoms with E-state index in [4.69, 9.17) is 0 Å². The second-order valence-electron chi connectivity index (χ2n) is 4.90. The lowest BCUT2D eigenvalue weighted by Gasteiger charge is -2.35. The smallest absolute Gasteiger partial charge is 0.307 e. The maximum Gasteiger partial charge on any atom is 0.307 e. The van der Waals surface area contributed by atoms with E-state index >= 15 is 0 Å². The van der Waals surface area contributed by atoms with Gasteiger partial charge in [-0.15, -0.1) is 0 Å². The highest BCUT2D eigenvalue weighted by molar-refractivity contribution is 9.10. The average Bonchev–Trinajstić information content (AvgIpc) is 2.38. The summed E-state index contributed by atoms with van der Waals surface area (Å²) in [6.07, 6.45) is 2.67. The van der Waals surface area contributed by atoms with Gasteiger partial charge in [0.25, 0.3) is 0 Å². The van der Waals surface area contributed by atoms with Crippen molar-refractivity contribution < 1.29 is 15.0 Å². The quantitative estimate of drug-likeness (QED) is 0.902. The predicted molar refractivity (Wildman–Crippen MR) is 72.4 cm³/mol. The Morgan fingerprint density at radius 3 is 2.50 bits per heavy atom. The van der Waals surface area contributed by atoms with Crippen molar-refractivity contribution in [3.63, 3.8) is 0 Å². The van der Waals surface area contributed by atoms with Gasteiger partial charge in [-0.1, -0.05) is 34.5 Å². The highest BCUT2D eigenvalue weighted by Gasteiger charge is 2.38. The summed E-state index contributed by atoms with van der Waals surface area (Å²) in [5.74, 6) is -1.36. The molecule has 0 spiro atoms. The molecule has 3 atom stereocenters. The summed E-state index contributed by atoms with van der Waals surface area (Å²) in [5.41, 5.74) is 1.06. The van der Waals surface area contributed by atoms with E-state index < -0.39 is 11.9 Å². The SMILES string of the molecule is O=C(O)C1C(CO)CCCC1c1ccc(Br)cc1. The molecule has 0 radical (unpaired) electrons. The Kier molecular flexibility index (Phi) is 4.40. The second kappa shape index (κ2) is 5.85. The first-order valence-corrected chi connectivity index (χ1v) is 7.02. The monoisotopic (exact) mass is 312 g/mol. The zero-order valence-electron chi connectivity index (χ0n) is 10.1. The molecule has 3 nitrogen and oxygen atoms in total. The number of benzene rings is 1. The number of rotatable bonds is 3. The normalized spacial score (nSPS) is 28.0. The second-order valence-corrected chi connectivity index (χ2v) is 5.81. The van der Waals surface area contributed by atoms with Gasteiger partial charge in [0.15, 0.2) is 0 Å². The number of aliphatic hydroxyl groups is 1. The fraction of sp³-hybridized carbons (Fsp3) is 0.500. The van der Waals surface area contributed by atoms with Crippen LogP contribution in [0.1, 0.15) is 30.7 Å². The third kappa shape index (κ3) is 2.75. The Hall–Kier alpha value is -0.870. The summed E-state index contributed by atoms with van der Waals surface area (Å²) in [7, 11) is 0. The van der Waals surface area contributed by atoms with Crippen LogP contribution in [0.5, 0.6) is 0 Å². The van der Waals surface area contributed by atoms with Crippen molar-refractivity contribution in [3.8, 4) is 0 Å². The Labute approximate surface area is 115 Å². The molecule has 1 fully saturated rings. The maximum absolute atomic E-state index is 11.5. The van der Waals surface area contributed by atoms with Crippen molar-refractivity contribution in [2.75, 3.05) is 6.61 Å². The molecule has 1 aromatic carbocycles. The van der Waals surface area contributed by atoms with Gasteiger partial charge in [-0.3, -0.25) is 4.79 Å². The van der Waals surface area contributed by atoms with Crippen LogP contribution < -0.4 is 0 Å². The van der Waals surface area contributed by atoms with Crippen LogP contribution in [0.4, 0.5) is 0 Å². The molecule has 0 bridgehead atoms. The number of carboxylic acids is 1. The van der Waals surface area contributed by atoms with Crippen molar-refractivity contribution in [3.05, 3.63) is 34.3 Å². The maximum atomic E-state index is 11.5. The molecule has 18 heavy (non-hydrogen) atoms. The van der Waals surface area contributed by atoms with Gasteiger partial charge >= 0.3 is 5.97 Å². The van der Waals surface area contributed by atoms with Crippen molar-refractivity contribution in [1.29, 1.82) is 0 Å². The highest BCUT2D eigenvalue weighted by Crippen LogP contribution is 2.41. The highest BCUT2D eigenvalue weighted by atomic mass is 79.9. The van der Waals surface area contributed by atoms with Gasteiger partial charge in [-0.05, 0) is 42.4 Å². The van der Waals surface area contributed by atoms with Crippen molar-refractivity contribution in [2.24, 2.45) is 11.8 Å². The number of hydrogen-bond donors (Lipinski definition) is 2. The van der Waals surface area contributed by atoms with Gasteiger partial charge in [0.05, 0.1) is 5.92 Å². The number of aliphatic carboxylic acids is 1. The van der Waals surface area contributed by atoms with Crippen LogP contribution in [0, 0.1) is 11.8 Å². The van der Waals surface area contributed by atoms with Gasteiger partial charge < -0.3 is 10.2 Å². The number of hydrogen-bond acceptors (Lipinski definition) is 2. The molecule has 0 heterocycles. The van der Waals surface area contributed by atoms with Crippen molar-refractivity contribution in [1.82, 2.24) is 0 Å². The molecule has 0 aliphatic heterocycles. The lowest BCUT2D eigenvalue weighted by atomic mass is 9.69. The van der Waals surface area contributed by atoms with Gasteiger partial charge in [-0.2, -0.15) is 0 Å². The molecule has 1 saturated carbocycles. The molecule has 1 aliphatic carbocycles. The summed E-state index contributed by atoms with van der Waals surface area (Å²) >= 11 is 3.38. The minimum atomic E-state index is -0.790. The number of carboxylic acid groups (broad SMARTS) is 1. The summed E-state index contributed by atoms with van der Waals surface area (Å²) in [6.45, 7) is -0.0377. The Balaban J connectivity index is 2.28. The van der Waals surface area contributed by atoms with Crippen LogP contribution >= 0.6 is 15.9 Å². The summed E-state index contributed by atoms with van der Waals surface area (Å²) in [6, 6.07) is 7.84. The zero-order chi connectivity index (χ0) is 13.1. The molecule has 1 aliphatic rings. The van der Waals surface area contributed by atoms with Crippen LogP contribution in [0.15, 0.2) is 28.7 Å². The molecule has 2 rings (SSSR count). The van der Waals surface area contributed by atoms with Gasteiger partial charge in [0.2, 0.25) is 0 Å². The van der Waals surface area contributed by atoms with Crippen LogP contribution in [-0.4, -0.2) is 22.8 Å². The van der Waals surface area contributed by atoms with E-state index in [9.17, 15) is 15.0 Å². The zero-order valence-corrected chi connectivity index (χ0v) is 11.6. The molecular formula is C14H17BrO3. The lowest BCUT2D eigenvalue weighted by molar-refractivity contribution is -0.146. The first-order chi connectivity index (χ1) is 8.63. The van der Waals surface area contributed by atoms with Gasteiger partial charge in [-0.25, -0.2) is 0 Å². The standard InChI is InChI=1S/C14H17BrO3/c15-11-6-4-9(5-7-11)12-3-1-2-10(8-16)13(12)14(17)18/h4-7,10,12-13,16H,1-3,8H2,(H,17,18). The van der Waals surface area contributed by atoms with Crippen LogP contribution in [0.3, 0.4) is 0 Å². The summed E-state index contributed by atoms with van der Waals surface area (Å²) in [4.78, 5) is 11.5. The van der Waals surface area contributed by atoms with E-state index in [1.54, 1.807) is 0 Å². The largest absolute Gasteiger partial charge is 0.481 e. The minimum absolute atomic E-state index is 0.0153. The van der Waals surface area contributed by atoms with E-state index in [2.05, 4.69) is 15.9 Å². The lowest BCUT2D eigenvalue weighted by Crippen LogP contribution is -2.35. The third-order valence-electron chi connectivity index (χ3n) is 3.85. The van der Waals surface area contributed by atoms with Crippen molar-refractivity contribution >= 4 is 21.9 Å². The number of aliphatic hydroxyl groups excluding tert-OH is 1. The Morgan fingerprint density at radius 2 is 1.94 bits per heavy atom. The molecule has 3 unspecified atom stereocenters. The van der Waals surface area contributed by atoms with E-state index in [1.165, 1.54) is 0 Å². The van der Waals surface area contributed by atoms with Crippen LogP contribution in [-0.2, 0) is 4.79 Å². The minimum Gasteiger partial charge on any atom is -0.481 e.